The van der Waals surface area contributed by atoms with E-state index in [-0.39, 0.29) is 11.9 Å². The van der Waals surface area contributed by atoms with Crippen molar-refractivity contribution in [1.82, 2.24) is 15.6 Å². The molecule has 2 N–H and O–H groups in total. The first-order chi connectivity index (χ1) is 8.69. The average Bonchev–Trinajstić information content (AvgIpc) is 3.20. The van der Waals surface area contributed by atoms with E-state index >= 15 is 0 Å². The smallest absolute Gasteiger partial charge is 0.237 e. The Bertz CT molecular complexity index is 401. The third-order valence-electron chi connectivity index (χ3n) is 2.94. The van der Waals surface area contributed by atoms with E-state index in [2.05, 4.69) is 15.6 Å². The number of nitrogens with zero attached hydrogens (tertiary/aromatic N) is 1. The maximum Gasteiger partial charge on any atom is 0.237 e. The molecule has 0 bridgehead atoms. The fourth-order valence-electron chi connectivity index (χ4n) is 1.55. The molecule has 1 atom stereocenters. The van der Waals surface area contributed by atoms with Gasteiger partial charge in [0.1, 0.15) is 0 Å². The Balaban J connectivity index is 1.76. The van der Waals surface area contributed by atoms with Crippen LogP contribution in [0.5, 0.6) is 5.88 Å². The maximum atomic E-state index is 11.7. The summed E-state index contributed by atoms with van der Waals surface area (Å²) in [6.07, 6.45) is 3.97. The summed E-state index contributed by atoms with van der Waals surface area (Å²) in [5.41, 5.74) is 1.03. The topological polar surface area (TPSA) is 63.2 Å². The highest BCUT2D eigenvalue weighted by atomic mass is 16.5. The summed E-state index contributed by atoms with van der Waals surface area (Å²) < 4.78 is 4.99. The summed E-state index contributed by atoms with van der Waals surface area (Å²) >= 11 is 0. The first-order valence-electron chi connectivity index (χ1n) is 6.21. The number of carbonyl (C=O) groups excluding carboxylic acids is 1. The van der Waals surface area contributed by atoms with Gasteiger partial charge in [-0.15, -0.1) is 0 Å². The van der Waals surface area contributed by atoms with E-state index < -0.39 is 0 Å². The molecule has 1 fully saturated rings. The van der Waals surface area contributed by atoms with Gasteiger partial charge in [-0.2, -0.15) is 0 Å². The molecular weight excluding hydrogens is 230 g/mol. The molecule has 98 valence electrons. The fraction of sp³-hybridized carbons (Fsp3) is 0.538. The van der Waals surface area contributed by atoms with Crippen molar-refractivity contribution in [1.29, 1.82) is 0 Å². The Labute approximate surface area is 107 Å². The van der Waals surface area contributed by atoms with Crippen molar-refractivity contribution in [3.8, 4) is 5.88 Å². The molecule has 18 heavy (non-hydrogen) atoms. The van der Waals surface area contributed by atoms with Crippen LogP contribution in [-0.4, -0.2) is 30.1 Å². The van der Waals surface area contributed by atoms with Gasteiger partial charge >= 0.3 is 0 Å². The quantitative estimate of drug-likeness (QED) is 0.784. The lowest BCUT2D eigenvalue weighted by Crippen LogP contribution is -2.42. The molecule has 1 saturated carbocycles. The second-order valence-corrected chi connectivity index (χ2v) is 4.59. The third kappa shape index (κ3) is 3.70. The van der Waals surface area contributed by atoms with Gasteiger partial charge in [0.2, 0.25) is 11.8 Å². The second-order valence-electron chi connectivity index (χ2n) is 4.59. The van der Waals surface area contributed by atoms with Crippen molar-refractivity contribution in [2.45, 2.75) is 38.4 Å². The summed E-state index contributed by atoms with van der Waals surface area (Å²) in [6, 6.07) is 3.97. The van der Waals surface area contributed by atoms with Crippen molar-refractivity contribution in [3.63, 3.8) is 0 Å². The molecular formula is C13H19N3O2. The Kier molecular flexibility index (Phi) is 4.15. The van der Waals surface area contributed by atoms with Gasteiger partial charge in [0.05, 0.1) is 13.2 Å². The van der Waals surface area contributed by atoms with Crippen LogP contribution in [-0.2, 0) is 11.3 Å². The molecule has 0 aromatic carbocycles. The Hall–Kier alpha value is -1.62. The number of carbonyl (C=O) groups is 1. The summed E-state index contributed by atoms with van der Waals surface area (Å²) in [5, 5.41) is 6.15. The number of hydrogen-bond donors (Lipinski definition) is 2. The van der Waals surface area contributed by atoms with Crippen LogP contribution in [0.2, 0.25) is 0 Å². The van der Waals surface area contributed by atoms with Gasteiger partial charge in [-0.25, -0.2) is 4.98 Å². The lowest BCUT2D eigenvalue weighted by atomic mass is 10.2. The van der Waals surface area contributed by atoms with Gasteiger partial charge in [0.25, 0.3) is 0 Å². The minimum Gasteiger partial charge on any atom is -0.481 e. The van der Waals surface area contributed by atoms with Crippen molar-refractivity contribution in [2.24, 2.45) is 0 Å². The van der Waals surface area contributed by atoms with E-state index in [0.29, 0.717) is 18.5 Å². The average molecular weight is 249 g/mol. The van der Waals surface area contributed by atoms with Gasteiger partial charge in [-0.1, -0.05) is 6.07 Å². The van der Waals surface area contributed by atoms with Gasteiger partial charge in [-0.3, -0.25) is 4.79 Å². The molecule has 0 radical (unpaired) electrons. The molecule has 1 aliphatic rings. The Morgan fingerprint density at radius 2 is 2.33 bits per heavy atom. The summed E-state index contributed by atoms with van der Waals surface area (Å²) in [5.74, 6) is 0.664. The van der Waals surface area contributed by atoms with Gasteiger partial charge in [0.15, 0.2) is 0 Å². The van der Waals surface area contributed by atoms with Gasteiger partial charge in [-0.05, 0) is 25.3 Å². The van der Waals surface area contributed by atoms with Crippen LogP contribution in [0.4, 0.5) is 0 Å². The van der Waals surface area contributed by atoms with Crippen molar-refractivity contribution in [2.75, 3.05) is 7.11 Å². The molecule has 1 aliphatic carbocycles. The third-order valence-corrected chi connectivity index (χ3v) is 2.94. The van der Waals surface area contributed by atoms with E-state index in [1.807, 2.05) is 19.1 Å². The van der Waals surface area contributed by atoms with E-state index in [1.54, 1.807) is 13.3 Å². The number of ether oxygens (including phenoxy) is 1. The SMILES string of the molecule is COc1ccc(CNC(C)C(=O)NC2CC2)cn1. The highest BCUT2D eigenvalue weighted by Gasteiger charge is 2.25. The van der Waals surface area contributed by atoms with E-state index in [9.17, 15) is 4.79 Å². The second kappa shape index (κ2) is 5.82. The summed E-state index contributed by atoms with van der Waals surface area (Å²) in [4.78, 5) is 15.8. The van der Waals surface area contributed by atoms with Crippen LogP contribution in [0.25, 0.3) is 0 Å². The van der Waals surface area contributed by atoms with Crippen LogP contribution in [0.3, 0.4) is 0 Å². The molecule has 5 nitrogen and oxygen atoms in total. The van der Waals surface area contributed by atoms with E-state index in [0.717, 1.165) is 18.4 Å². The zero-order valence-electron chi connectivity index (χ0n) is 10.8. The molecule has 0 aliphatic heterocycles. The number of hydrogen-bond acceptors (Lipinski definition) is 4. The minimum absolute atomic E-state index is 0.0685. The van der Waals surface area contributed by atoms with Gasteiger partial charge < -0.3 is 15.4 Å². The molecule has 1 aromatic rings. The predicted octanol–water partition coefficient (Wildman–Crippen LogP) is 0.847. The first-order valence-corrected chi connectivity index (χ1v) is 6.21. The molecule has 5 heteroatoms. The normalized spacial score (nSPS) is 16.1. The largest absolute Gasteiger partial charge is 0.481 e. The predicted molar refractivity (Wildman–Crippen MR) is 68.3 cm³/mol. The minimum atomic E-state index is -0.187. The fourth-order valence-corrected chi connectivity index (χ4v) is 1.55. The highest BCUT2D eigenvalue weighted by molar-refractivity contribution is 5.81. The maximum absolute atomic E-state index is 11.7. The molecule has 1 aromatic heterocycles. The van der Waals surface area contributed by atoms with E-state index in [4.69, 9.17) is 4.74 Å². The van der Waals surface area contributed by atoms with Crippen LogP contribution in [0.1, 0.15) is 25.3 Å². The summed E-state index contributed by atoms with van der Waals surface area (Å²) in [7, 11) is 1.59. The number of pyridine rings is 1. The lowest BCUT2D eigenvalue weighted by Gasteiger charge is -2.13. The van der Waals surface area contributed by atoms with Crippen LogP contribution in [0, 0.1) is 0 Å². The molecule has 0 spiro atoms. The standard InChI is InChI=1S/C13H19N3O2/c1-9(13(17)16-11-4-5-11)14-7-10-3-6-12(18-2)15-8-10/h3,6,8-9,11,14H,4-5,7H2,1-2H3,(H,16,17). The van der Waals surface area contributed by atoms with Gasteiger partial charge in [0, 0.05) is 24.8 Å². The zero-order valence-corrected chi connectivity index (χ0v) is 10.8. The van der Waals surface area contributed by atoms with Crippen LogP contribution < -0.4 is 15.4 Å². The zero-order chi connectivity index (χ0) is 13.0. The van der Waals surface area contributed by atoms with Crippen molar-refractivity contribution < 1.29 is 9.53 Å². The number of aromatic nitrogens is 1. The van der Waals surface area contributed by atoms with Crippen LogP contribution >= 0.6 is 0 Å². The Morgan fingerprint density at radius 1 is 1.56 bits per heavy atom. The van der Waals surface area contributed by atoms with Crippen molar-refractivity contribution in [3.05, 3.63) is 23.9 Å². The monoisotopic (exact) mass is 249 g/mol. The lowest BCUT2D eigenvalue weighted by molar-refractivity contribution is -0.122. The number of methoxy groups -OCH3 is 1. The number of amides is 1. The molecule has 1 heterocycles. The van der Waals surface area contributed by atoms with Crippen molar-refractivity contribution >= 4 is 5.91 Å². The van der Waals surface area contributed by atoms with Crippen LogP contribution in [0.15, 0.2) is 18.3 Å². The molecule has 2 rings (SSSR count). The molecule has 1 unspecified atom stereocenters. The number of nitrogens with one attached hydrogen (secondary N) is 2. The Morgan fingerprint density at radius 3 is 2.89 bits per heavy atom. The number of rotatable bonds is 6. The summed E-state index contributed by atoms with van der Waals surface area (Å²) in [6.45, 7) is 2.49. The first kappa shape index (κ1) is 12.8. The van der Waals surface area contributed by atoms with E-state index in [1.165, 1.54) is 0 Å². The highest BCUT2D eigenvalue weighted by Crippen LogP contribution is 2.18. The molecule has 1 amide bonds. The molecule has 0 saturated heterocycles.